The Kier molecular flexibility index (Phi) is 9.22. The van der Waals surface area contributed by atoms with Crippen LogP contribution in [0.5, 0.6) is 0 Å². The van der Waals surface area contributed by atoms with E-state index in [1.807, 2.05) is 6.92 Å². The third-order valence-electron chi connectivity index (χ3n) is 3.09. The van der Waals surface area contributed by atoms with E-state index in [9.17, 15) is 13.2 Å². The molecule has 1 saturated heterocycles. The van der Waals surface area contributed by atoms with Gasteiger partial charge in [0.05, 0.1) is 19.1 Å². The third kappa shape index (κ3) is 9.83. The fourth-order valence-electron chi connectivity index (χ4n) is 2.01. The Hall–Kier alpha value is -1.02. The number of rotatable bonds is 9. The van der Waals surface area contributed by atoms with Crippen molar-refractivity contribution in [2.45, 2.75) is 44.9 Å². The van der Waals surface area contributed by atoms with Crippen LogP contribution in [-0.2, 0) is 9.47 Å². The van der Waals surface area contributed by atoms with Gasteiger partial charge in [0.15, 0.2) is 5.96 Å². The third-order valence-corrected chi connectivity index (χ3v) is 3.09. The molecule has 1 rings (SSSR count). The summed E-state index contributed by atoms with van der Waals surface area (Å²) < 4.78 is 47.2. The summed E-state index contributed by atoms with van der Waals surface area (Å²) in [6, 6.07) is 0. The van der Waals surface area contributed by atoms with Gasteiger partial charge in [0, 0.05) is 32.8 Å². The smallest absolute Gasteiger partial charge is 0.379 e. The topological polar surface area (TPSA) is 54.9 Å². The number of ether oxygens (including phenoxy) is 2. The van der Waals surface area contributed by atoms with E-state index in [4.69, 9.17) is 9.47 Å². The predicted octanol–water partition coefficient (Wildman–Crippen LogP) is 2.08. The molecule has 0 radical (unpaired) electrons. The zero-order valence-corrected chi connectivity index (χ0v) is 13.0. The van der Waals surface area contributed by atoms with Gasteiger partial charge in [0.1, 0.15) is 0 Å². The molecule has 1 atom stereocenters. The molecule has 0 amide bonds. The summed E-state index contributed by atoms with van der Waals surface area (Å²) in [6.45, 7) is 4.80. The second-order valence-corrected chi connectivity index (χ2v) is 5.12. The van der Waals surface area contributed by atoms with E-state index in [0.29, 0.717) is 32.3 Å². The zero-order chi connectivity index (χ0) is 16.3. The molecule has 1 aliphatic rings. The van der Waals surface area contributed by atoms with Gasteiger partial charge in [0.25, 0.3) is 0 Å². The van der Waals surface area contributed by atoms with Crippen LogP contribution in [0.15, 0.2) is 4.99 Å². The lowest BCUT2D eigenvalue weighted by molar-refractivity contribution is -0.132. The average molecular weight is 325 g/mol. The number of hydrogen-bond acceptors (Lipinski definition) is 3. The first kappa shape index (κ1) is 19.0. The molecule has 0 spiro atoms. The predicted molar refractivity (Wildman–Crippen MR) is 79.1 cm³/mol. The van der Waals surface area contributed by atoms with Crippen LogP contribution in [0.3, 0.4) is 0 Å². The second kappa shape index (κ2) is 10.7. The molecule has 1 fully saturated rings. The highest BCUT2D eigenvalue weighted by atomic mass is 19.4. The molecule has 22 heavy (non-hydrogen) atoms. The van der Waals surface area contributed by atoms with E-state index >= 15 is 0 Å². The minimum Gasteiger partial charge on any atom is -0.379 e. The number of alkyl halides is 3. The van der Waals surface area contributed by atoms with Crippen molar-refractivity contribution in [2.24, 2.45) is 4.99 Å². The minimum atomic E-state index is -4.15. The van der Waals surface area contributed by atoms with Crippen molar-refractivity contribution in [2.75, 3.05) is 39.5 Å². The largest absolute Gasteiger partial charge is 0.390 e. The number of halogens is 3. The van der Waals surface area contributed by atoms with Crippen LogP contribution in [0.1, 0.15) is 32.6 Å². The lowest BCUT2D eigenvalue weighted by Gasteiger charge is -2.12. The van der Waals surface area contributed by atoms with E-state index in [0.717, 1.165) is 25.9 Å². The minimum absolute atomic E-state index is 0.176. The van der Waals surface area contributed by atoms with Gasteiger partial charge in [-0.15, -0.1) is 0 Å². The lowest BCUT2D eigenvalue weighted by Crippen LogP contribution is -2.39. The molecule has 0 saturated carbocycles. The summed E-state index contributed by atoms with van der Waals surface area (Å²) in [4.78, 5) is 4.22. The first-order valence-electron chi connectivity index (χ1n) is 7.79. The van der Waals surface area contributed by atoms with Crippen LogP contribution in [0.4, 0.5) is 13.2 Å². The molecule has 0 aromatic heterocycles. The molecule has 2 N–H and O–H groups in total. The van der Waals surface area contributed by atoms with Crippen molar-refractivity contribution in [3.8, 4) is 0 Å². The van der Waals surface area contributed by atoms with Crippen LogP contribution >= 0.6 is 0 Å². The average Bonchev–Trinajstić information content (AvgIpc) is 2.94. The standard InChI is InChI=1S/C14H26F3N3O2/c1-2-18-13(20-8-6-14(15,16)17)19-7-4-9-21-11-12-5-3-10-22-12/h12H,2-11H2,1H3,(H2,18,19,20). The highest BCUT2D eigenvalue weighted by Crippen LogP contribution is 2.18. The normalized spacial score (nSPS) is 19.5. The molecule has 0 aromatic rings. The Bertz CT molecular complexity index is 319. The fraction of sp³-hybridized carbons (Fsp3) is 0.929. The maximum absolute atomic E-state index is 12.1. The molecule has 8 heteroatoms. The van der Waals surface area contributed by atoms with Crippen LogP contribution in [-0.4, -0.2) is 57.7 Å². The molecule has 0 aromatic carbocycles. The van der Waals surface area contributed by atoms with Gasteiger partial charge in [0.2, 0.25) is 0 Å². The second-order valence-electron chi connectivity index (χ2n) is 5.12. The monoisotopic (exact) mass is 325 g/mol. The van der Waals surface area contributed by atoms with Crippen molar-refractivity contribution in [3.05, 3.63) is 0 Å². The van der Waals surface area contributed by atoms with Gasteiger partial charge in [-0.25, -0.2) is 0 Å². The Morgan fingerprint density at radius 3 is 2.82 bits per heavy atom. The molecule has 130 valence electrons. The molecular formula is C14H26F3N3O2. The maximum atomic E-state index is 12.1. The van der Waals surface area contributed by atoms with Gasteiger partial charge >= 0.3 is 6.18 Å². The summed E-state index contributed by atoms with van der Waals surface area (Å²) in [5.74, 6) is 0.408. The number of nitrogens with zero attached hydrogens (tertiary/aromatic N) is 1. The molecule has 0 bridgehead atoms. The number of guanidine groups is 1. The molecule has 1 aliphatic heterocycles. The first-order chi connectivity index (χ1) is 10.5. The quantitative estimate of drug-likeness (QED) is 0.387. The van der Waals surface area contributed by atoms with Crippen LogP contribution in [0.2, 0.25) is 0 Å². The van der Waals surface area contributed by atoms with Gasteiger partial charge in [-0.05, 0) is 26.2 Å². The summed E-state index contributed by atoms with van der Waals surface area (Å²) in [5, 5.41) is 5.59. The van der Waals surface area contributed by atoms with Crippen LogP contribution < -0.4 is 10.6 Å². The molecule has 5 nitrogen and oxygen atoms in total. The molecule has 0 aliphatic carbocycles. The SMILES string of the molecule is CCNC(=NCCCOCC1CCCO1)NCCC(F)(F)F. The van der Waals surface area contributed by atoms with Crippen molar-refractivity contribution in [1.82, 2.24) is 10.6 Å². The maximum Gasteiger partial charge on any atom is 0.390 e. The van der Waals surface area contributed by atoms with E-state index in [-0.39, 0.29) is 12.6 Å². The number of hydrogen-bond donors (Lipinski definition) is 2. The molecule has 1 heterocycles. The molecule has 1 unspecified atom stereocenters. The lowest BCUT2D eigenvalue weighted by atomic mass is 10.2. The Labute approximate surface area is 129 Å². The van der Waals surface area contributed by atoms with Gasteiger partial charge in [-0.3, -0.25) is 4.99 Å². The first-order valence-corrected chi connectivity index (χ1v) is 7.79. The van der Waals surface area contributed by atoms with E-state index in [2.05, 4.69) is 15.6 Å². The van der Waals surface area contributed by atoms with Gasteiger partial charge < -0.3 is 20.1 Å². The summed E-state index contributed by atoms with van der Waals surface area (Å²) >= 11 is 0. The Balaban J connectivity index is 2.10. The van der Waals surface area contributed by atoms with E-state index in [1.165, 1.54) is 0 Å². The zero-order valence-electron chi connectivity index (χ0n) is 13.0. The fourth-order valence-corrected chi connectivity index (χ4v) is 2.01. The van der Waals surface area contributed by atoms with Gasteiger partial charge in [-0.2, -0.15) is 13.2 Å². The van der Waals surface area contributed by atoms with E-state index in [1.54, 1.807) is 0 Å². The highest BCUT2D eigenvalue weighted by molar-refractivity contribution is 5.79. The summed E-state index contributed by atoms with van der Waals surface area (Å²) in [7, 11) is 0. The highest BCUT2D eigenvalue weighted by Gasteiger charge is 2.26. The van der Waals surface area contributed by atoms with Crippen molar-refractivity contribution in [1.29, 1.82) is 0 Å². The molecular weight excluding hydrogens is 299 g/mol. The Morgan fingerprint density at radius 1 is 1.36 bits per heavy atom. The van der Waals surface area contributed by atoms with E-state index < -0.39 is 12.6 Å². The van der Waals surface area contributed by atoms with Crippen LogP contribution in [0, 0.1) is 0 Å². The summed E-state index contributed by atoms with van der Waals surface area (Å²) in [5.41, 5.74) is 0. The van der Waals surface area contributed by atoms with Crippen molar-refractivity contribution >= 4 is 5.96 Å². The van der Waals surface area contributed by atoms with Gasteiger partial charge in [-0.1, -0.05) is 0 Å². The summed E-state index contributed by atoms with van der Waals surface area (Å²) in [6.07, 6.45) is -1.95. The Morgan fingerprint density at radius 2 is 2.18 bits per heavy atom. The van der Waals surface area contributed by atoms with Crippen molar-refractivity contribution in [3.63, 3.8) is 0 Å². The number of nitrogens with one attached hydrogen (secondary N) is 2. The van der Waals surface area contributed by atoms with Crippen molar-refractivity contribution < 1.29 is 22.6 Å². The van der Waals surface area contributed by atoms with Crippen LogP contribution in [0.25, 0.3) is 0 Å². The number of aliphatic imine (C=N–C) groups is 1.